The van der Waals surface area contributed by atoms with E-state index in [0.29, 0.717) is 39.3 Å². The van der Waals surface area contributed by atoms with Gasteiger partial charge in [-0.3, -0.25) is 9.69 Å². The highest BCUT2D eigenvalue weighted by Gasteiger charge is 2.27. The number of ether oxygens (including phenoxy) is 1. The van der Waals surface area contributed by atoms with Crippen molar-refractivity contribution in [3.8, 4) is 0 Å². The Kier molecular flexibility index (Phi) is 5.95. The van der Waals surface area contributed by atoms with Crippen molar-refractivity contribution in [3.05, 3.63) is 29.3 Å². The molecule has 0 aliphatic carbocycles. The Balaban J connectivity index is 1.53. The highest BCUT2D eigenvalue weighted by atomic mass is 16.6. The number of β-amino-alcohol motifs (C(OH)–C–C–N with tert-alkyl or cyclic N) is 1. The maximum atomic E-state index is 12.2. The monoisotopic (exact) mass is 389 g/mol. The number of fused-ring (bicyclic) bond motifs is 1. The van der Waals surface area contributed by atoms with E-state index in [1.807, 2.05) is 39.0 Å². The van der Waals surface area contributed by atoms with E-state index in [4.69, 9.17) is 4.74 Å². The molecule has 1 atom stereocenters. The van der Waals surface area contributed by atoms with Crippen LogP contribution < -0.4 is 4.90 Å². The molecule has 0 spiro atoms. The lowest BCUT2D eigenvalue weighted by molar-refractivity contribution is -0.116. The van der Waals surface area contributed by atoms with Crippen LogP contribution >= 0.6 is 0 Å². The summed E-state index contributed by atoms with van der Waals surface area (Å²) in [6.45, 7) is 11.0. The molecule has 7 heteroatoms. The van der Waals surface area contributed by atoms with Gasteiger partial charge in [0.2, 0.25) is 5.91 Å². The van der Waals surface area contributed by atoms with E-state index in [9.17, 15) is 14.7 Å². The first-order chi connectivity index (χ1) is 13.1. The average Bonchev–Trinajstić information content (AvgIpc) is 3.04. The Labute approximate surface area is 166 Å². The maximum Gasteiger partial charge on any atom is 0.410 e. The van der Waals surface area contributed by atoms with Gasteiger partial charge in [-0.25, -0.2) is 4.79 Å². The lowest BCUT2D eigenvalue weighted by Gasteiger charge is -2.36. The third-order valence-electron chi connectivity index (χ3n) is 5.22. The largest absolute Gasteiger partial charge is 0.444 e. The van der Waals surface area contributed by atoms with Gasteiger partial charge in [0, 0.05) is 51.9 Å². The third kappa shape index (κ3) is 4.83. The van der Waals surface area contributed by atoms with Crippen molar-refractivity contribution in [2.24, 2.45) is 0 Å². The second-order valence-corrected chi connectivity index (χ2v) is 8.59. The van der Waals surface area contributed by atoms with Crippen LogP contribution in [0.4, 0.5) is 10.5 Å². The molecule has 1 saturated heterocycles. The molecule has 0 radical (unpaired) electrons. The first kappa shape index (κ1) is 20.6. The molecule has 2 amide bonds. The molecule has 2 aliphatic rings. The number of hydrogen-bond acceptors (Lipinski definition) is 5. The molecule has 7 nitrogen and oxygen atoms in total. The highest BCUT2D eigenvalue weighted by Crippen LogP contribution is 2.31. The van der Waals surface area contributed by atoms with Gasteiger partial charge in [-0.2, -0.15) is 0 Å². The zero-order valence-corrected chi connectivity index (χ0v) is 17.3. The summed E-state index contributed by atoms with van der Waals surface area (Å²) in [6, 6.07) is 5.85. The quantitative estimate of drug-likeness (QED) is 0.858. The summed E-state index contributed by atoms with van der Waals surface area (Å²) in [7, 11) is 0. The van der Waals surface area contributed by atoms with E-state index >= 15 is 0 Å². The Hall–Kier alpha value is -2.12. The van der Waals surface area contributed by atoms with Crippen molar-refractivity contribution >= 4 is 17.7 Å². The van der Waals surface area contributed by atoms with Crippen molar-refractivity contribution in [2.75, 3.05) is 44.2 Å². The molecular weight excluding hydrogens is 358 g/mol. The van der Waals surface area contributed by atoms with Gasteiger partial charge >= 0.3 is 6.09 Å². The Morgan fingerprint density at radius 1 is 1.14 bits per heavy atom. The number of carbonyl (C=O) groups is 2. The van der Waals surface area contributed by atoms with Crippen LogP contribution in [-0.4, -0.2) is 71.8 Å². The van der Waals surface area contributed by atoms with E-state index in [1.54, 1.807) is 16.7 Å². The Morgan fingerprint density at radius 3 is 2.43 bits per heavy atom. The van der Waals surface area contributed by atoms with Gasteiger partial charge in [-0.1, -0.05) is 12.1 Å². The number of hydrogen-bond donors (Lipinski definition) is 1. The number of piperazine rings is 1. The van der Waals surface area contributed by atoms with Gasteiger partial charge in [-0.15, -0.1) is 0 Å². The van der Waals surface area contributed by atoms with Crippen molar-refractivity contribution in [1.82, 2.24) is 9.80 Å². The van der Waals surface area contributed by atoms with Gasteiger partial charge < -0.3 is 19.6 Å². The van der Waals surface area contributed by atoms with Crippen LogP contribution in [0.1, 0.15) is 44.9 Å². The van der Waals surface area contributed by atoms with E-state index in [1.165, 1.54) is 0 Å². The molecule has 1 N–H and O–H groups in total. The minimum absolute atomic E-state index is 0.0508. The Morgan fingerprint density at radius 2 is 1.82 bits per heavy atom. The summed E-state index contributed by atoms with van der Waals surface area (Å²) >= 11 is 0. The van der Waals surface area contributed by atoms with Gasteiger partial charge in [0.25, 0.3) is 0 Å². The van der Waals surface area contributed by atoms with E-state index in [-0.39, 0.29) is 12.0 Å². The second-order valence-electron chi connectivity index (χ2n) is 8.59. The molecule has 1 aromatic carbocycles. The second kappa shape index (κ2) is 8.09. The summed E-state index contributed by atoms with van der Waals surface area (Å²) in [4.78, 5) is 29.5. The number of rotatable bonds is 3. The normalized spacial score (nSPS) is 18.8. The molecule has 1 aromatic rings. The maximum absolute atomic E-state index is 12.2. The lowest BCUT2D eigenvalue weighted by atomic mass is 10.0. The number of benzene rings is 1. The van der Waals surface area contributed by atoms with Crippen LogP contribution in [0.5, 0.6) is 0 Å². The zero-order chi connectivity index (χ0) is 20.5. The topological polar surface area (TPSA) is 73.3 Å². The van der Waals surface area contributed by atoms with Gasteiger partial charge in [0.1, 0.15) is 5.60 Å². The highest BCUT2D eigenvalue weighted by molar-refractivity contribution is 5.93. The van der Waals surface area contributed by atoms with Gasteiger partial charge in [-0.05, 0) is 44.4 Å². The van der Waals surface area contributed by atoms with Crippen molar-refractivity contribution < 1.29 is 19.4 Å². The minimum Gasteiger partial charge on any atom is -0.444 e. The van der Waals surface area contributed by atoms with Crippen LogP contribution in [0, 0.1) is 0 Å². The van der Waals surface area contributed by atoms with Gasteiger partial charge in [0.15, 0.2) is 0 Å². The number of aliphatic hydroxyl groups is 1. The summed E-state index contributed by atoms with van der Waals surface area (Å²) in [5, 5.41) is 10.7. The molecule has 0 saturated carbocycles. The fourth-order valence-electron chi connectivity index (χ4n) is 3.75. The number of carbonyl (C=O) groups excluding carboxylic acids is 2. The minimum atomic E-state index is -0.593. The molecule has 0 aromatic heterocycles. The average molecular weight is 389 g/mol. The number of anilines is 1. The van der Waals surface area contributed by atoms with E-state index < -0.39 is 11.7 Å². The van der Waals surface area contributed by atoms with Crippen molar-refractivity contribution in [1.29, 1.82) is 0 Å². The van der Waals surface area contributed by atoms with Crippen LogP contribution in [0.2, 0.25) is 0 Å². The predicted octanol–water partition coefficient (Wildman–Crippen LogP) is 2.18. The first-order valence-corrected chi connectivity index (χ1v) is 9.93. The summed E-state index contributed by atoms with van der Waals surface area (Å²) < 4.78 is 5.42. The first-order valence-electron chi connectivity index (χ1n) is 9.93. The van der Waals surface area contributed by atoms with Crippen LogP contribution in [0.25, 0.3) is 0 Å². The van der Waals surface area contributed by atoms with E-state index in [0.717, 1.165) is 23.2 Å². The molecule has 1 unspecified atom stereocenters. The SMILES string of the molecule is CC(=O)N1CCc2cc(C(O)CN3CCN(C(=O)OC(C)(C)C)CC3)ccc21. The van der Waals surface area contributed by atoms with Crippen LogP contribution in [-0.2, 0) is 16.0 Å². The summed E-state index contributed by atoms with van der Waals surface area (Å²) in [5.41, 5.74) is 2.45. The predicted molar refractivity (Wildman–Crippen MR) is 107 cm³/mol. The van der Waals surface area contributed by atoms with Crippen molar-refractivity contribution in [2.45, 2.75) is 45.8 Å². The fraction of sp³-hybridized carbons (Fsp3) is 0.619. The molecule has 0 bridgehead atoms. The zero-order valence-electron chi connectivity index (χ0n) is 17.3. The number of aliphatic hydroxyl groups excluding tert-OH is 1. The molecule has 3 rings (SSSR count). The van der Waals surface area contributed by atoms with E-state index in [2.05, 4.69) is 4.90 Å². The molecule has 154 valence electrons. The fourth-order valence-corrected chi connectivity index (χ4v) is 3.75. The lowest BCUT2D eigenvalue weighted by Crippen LogP contribution is -2.50. The summed E-state index contributed by atoms with van der Waals surface area (Å²) in [6.07, 6.45) is -0.0459. The number of nitrogens with zero attached hydrogens (tertiary/aromatic N) is 3. The Bertz CT molecular complexity index is 736. The smallest absolute Gasteiger partial charge is 0.410 e. The standard InChI is InChI=1S/C21H31N3O4/c1-15(25)24-8-7-16-13-17(5-6-18(16)24)19(26)14-22-9-11-23(12-10-22)20(27)28-21(2,3)4/h5-6,13,19,26H,7-12,14H2,1-4H3. The van der Waals surface area contributed by atoms with Crippen LogP contribution in [0.15, 0.2) is 18.2 Å². The third-order valence-corrected chi connectivity index (χ3v) is 5.22. The van der Waals surface area contributed by atoms with Gasteiger partial charge in [0.05, 0.1) is 6.10 Å². The molecule has 2 heterocycles. The molecule has 28 heavy (non-hydrogen) atoms. The molecule has 2 aliphatic heterocycles. The molecule has 1 fully saturated rings. The molecular formula is C21H31N3O4. The van der Waals surface area contributed by atoms with Crippen LogP contribution in [0.3, 0.4) is 0 Å². The number of amides is 2. The summed E-state index contributed by atoms with van der Waals surface area (Å²) in [5.74, 6) is 0.0508. The van der Waals surface area contributed by atoms with Crippen molar-refractivity contribution in [3.63, 3.8) is 0 Å².